The summed E-state index contributed by atoms with van der Waals surface area (Å²) >= 11 is 0. The van der Waals surface area contributed by atoms with Crippen molar-refractivity contribution >= 4 is 5.97 Å². The first-order chi connectivity index (χ1) is 10.2. The second kappa shape index (κ2) is 7.50. The average Bonchev–Trinajstić information content (AvgIpc) is 2.99. The lowest BCUT2D eigenvalue weighted by Crippen LogP contribution is -2.27. The average molecular weight is 289 g/mol. The highest BCUT2D eigenvalue weighted by atomic mass is 16.5. The van der Waals surface area contributed by atoms with Crippen LogP contribution in [0.5, 0.6) is 5.75 Å². The van der Waals surface area contributed by atoms with Crippen LogP contribution in [-0.2, 0) is 6.54 Å². The minimum atomic E-state index is -0.933. The standard InChI is InChI=1S/C16H19NO4/c1-2-17(12-15-4-3-10-20-15)9-11-21-14-7-5-13(6-8-14)16(18)19/h3-8,10H,2,9,11-12H2,1H3,(H,18,19). The number of carboxylic acids is 1. The molecule has 2 rings (SSSR count). The maximum Gasteiger partial charge on any atom is 0.335 e. The van der Waals surface area contributed by atoms with E-state index in [9.17, 15) is 4.79 Å². The molecule has 21 heavy (non-hydrogen) atoms. The quantitative estimate of drug-likeness (QED) is 0.809. The van der Waals surface area contributed by atoms with Crippen LogP contribution in [-0.4, -0.2) is 35.7 Å². The molecule has 0 unspecified atom stereocenters. The monoisotopic (exact) mass is 289 g/mol. The molecule has 1 N–H and O–H groups in total. The summed E-state index contributed by atoms with van der Waals surface area (Å²) < 4.78 is 11.0. The smallest absolute Gasteiger partial charge is 0.335 e. The number of ether oxygens (including phenoxy) is 1. The van der Waals surface area contributed by atoms with Crippen molar-refractivity contribution in [1.29, 1.82) is 0 Å². The lowest BCUT2D eigenvalue weighted by atomic mass is 10.2. The van der Waals surface area contributed by atoms with Gasteiger partial charge in [0, 0.05) is 6.54 Å². The van der Waals surface area contributed by atoms with E-state index >= 15 is 0 Å². The van der Waals surface area contributed by atoms with Crippen molar-refractivity contribution in [3.63, 3.8) is 0 Å². The van der Waals surface area contributed by atoms with Crippen LogP contribution in [0.2, 0.25) is 0 Å². The van der Waals surface area contributed by atoms with E-state index in [0.29, 0.717) is 12.4 Å². The molecule has 0 amide bonds. The molecule has 2 aromatic rings. The Morgan fingerprint density at radius 3 is 2.62 bits per heavy atom. The van der Waals surface area contributed by atoms with Crippen LogP contribution in [0.4, 0.5) is 0 Å². The van der Waals surface area contributed by atoms with Crippen LogP contribution in [0.25, 0.3) is 0 Å². The predicted octanol–water partition coefficient (Wildman–Crippen LogP) is 2.88. The number of hydrogen-bond acceptors (Lipinski definition) is 4. The fourth-order valence-corrected chi connectivity index (χ4v) is 1.96. The molecule has 0 saturated heterocycles. The molecule has 1 heterocycles. The summed E-state index contributed by atoms with van der Waals surface area (Å²) in [5.74, 6) is 0.675. The Morgan fingerprint density at radius 2 is 2.05 bits per heavy atom. The van der Waals surface area contributed by atoms with E-state index in [1.165, 1.54) is 12.1 Å². The Kier molecular flexibility index (Phi) is 5.40. The molecular formula is C16H19NO4. The summed E-state index contributed by atoms with van der Waals surface area (Å²) in [4.78, 5) is 13.0. The van der Waals surface area contributed by atoms with Gasteiger partial charge in [0.25, 0.3) is 0 Å². The van der Waals surface area contributed by atoms with Gasteiger partial charge in [0.2, 0.25) is 0 Å². The Bertz CT molecular complexity index is 548. The number of hydrogen-bond donors (Lipinski definition) is 1. The molecule has 0 aliphatic heterocycles. The second-order valence-corrected chi connectivity index (χ2v) is 4.63. The van der Waals surface area contributed by atoms with E-state index in [1.807, 2.05) is 12.1 Å². The fourth-order valence-electron chi connectivity index (χ4n) is 1.96. The van der Waals surface area contributed by atoms with Crippen molar-refractivity contribution in [2.75, 3.05) is 19.7 Å². The molecule has 112 valence electrons. The van der Waals surface area contributed by atoms with Gasteiger partial charge >= 0.3 is 5.97 Å². The number of carboxylic acid groups (broad SMARTS) is 1. The molecule has 0 aliphatic rings. The normalized spacial score (nSPS) is 10.8. The van der Waals surface area contributed by atoms with Crippen LogP contribution in [0.3, 0.4) is 0 Å². The third-order valence-corrected chi connectivity index (χ3v) is 3.18. The van der Waals surface area contributed by atoms with E-state index in [0.717, 1.165) is 25.4 Å². The first-order valence-electron chi connectivity index (χ1n) is 6.90. The van der Waals surface area contributed by atoms with Gasteiger partial charge in [0.05, 0.1) is 18.4 Å². The third kappa shape index (κ3) is 4.65. The molecule has 0 spiro atoms. The van der Waals surface area contributed by atoms with E-state index in [1.54, 1.807) is 18.4 Å². The summed E-state index contributed by atoms with van der Waals surface area (Å²) in [7, 11) is 0. The van der Waals surface area contributed by atoms with Gasteiger partial charge in [-0.3, -0.25) is 4.90 Å². The van der Waals surface area contributed by atoms with E-state index in [4.69, 9.17) is 14.3 Å². The Labute approximate surface area is 123 Å². The lowest BCUT2D eigenvalue weighted by Gasteiger charge is -2.19. The highest BCUT2D eigenvalue weighted by Gasteiger charge is 2.06. The molecule has 1 aromatic heterocycles. The van der Waals surface area contributed by atoms with Crippen LogP contribution in [0.15, 0.2) is 47.1 Å². The zero-order valence-electron chi connectivity index (χ0n) is 12.0. The van der Waals surface area contributed by atoms with Crippen LogP contribution in [0, 0.1) is 0 Å². The molecular weight excluding hydrogens is 270 g/mol. The fraction of sp³-hybridized carbons (Fsp3) is 0.312. The van der Waals surface area contributed by atoms with Crippen molar-refractivity contribution in [1.82, 2.24) is 4.90 Å². The molecule has 0 atom stereocenters. The predicted molar refractivity (Wildman–Crippen MR) is 78.6 cm³/mol. The topological polar surface area (TPSA) is 62.9 Å². The summed E-state index contributed by atoms with van der Waals surface area (Å²) in [5.41, 5.74) is 0.260. The number of furan rings is 1. The molecule has 5 heteroatoms. The van der Waals surface area contributed by atoms with Crippen molar-refractivity contribution in [3.05, 3.63) is 54.0 Å². The van der Waals surface area contributed by atoms with Crippen molar-refractivity contribution < 1.29 is 19.1 Å². The Morgan fingerprint density at radius 1 is 1.29 bits per heavy atom. The first kappa shape index (κ1) is 15.1. The van der Waals surface area contributed by atoms with Crippen LogP contribution < -0.4 is 4.74 Å². The number of likely N-dealkylation sites (N-methyl/N-ethyl adjacent to an activating group) is 1. The van der Waals surface area contributed by atoms with E-state index < -0.39 is 5.97 Å². The minimum Gasteiger partial charge on any atom is -0.492 e. The molecule has 0 radical (unpaired) electrons. The van der Waals surface area contributed by atoms with Gasteiger partial charge < -0.3 is 14.3 Å². The maximum atomic E-state index is 10.7. The molecule has 5 nitrogen and oxygen atoms in total. The molecule has 0 saturated carbocycles. The SMILES string of the molecule is CCN(CCOc1ccc(C(=O)O)cc1)Cc1ccco1. The van der Waals surface area contributed by atoms with Crippen molar-refractivity contribution in [3.8, 4) is 5.75 Å². The zero-order chi connectivity index (χ0) is 15.1. The van der Waals surface area contributed by atoms with Gasteiger partial charge in [0.1, 0.15) is 18.1 Å². The van der Waals surface area contributed by atoms with Gasteiger partial charge in [-0.15, -0.1) is 0 Å². The van der Waals surface area contributed by atoms with Gasteiger partial charge in [-0.2, -0.15) is 0 Å². The maximum absolute atomic E-state index is 10.7. The van der Waals surface area contributed by atoms with Crippen LogP contribution >= 0.6 is 0 Å². The molecule has 0 aliphatic carbocycles. The van der Waals surface area contributed by atoms with E-state index in [-0.39, 0.29) is 5.56 Å². The molecule has 0 bridgehead atoms. The summed E-state index contributed by atoms with van der Waals surface area (Å²) in [6, 6.07) is 10.3. The summed E-state index contributed by atoms with van der Waals surface area (Å²) in [6.45, 7) is 5.07. The van der Waals surface area contributed by atoms with Gasteiger partial charge in [-0.25, -0.2) is 4.79 Å². The lowest BCUT2D eigenvalue weighted by molar-refractivity contribution is 0.0697. The Balaban J connectivity index is 1.78. The zero-order valence-corrected chi connectivity index (χ0v) is 12.0. The number of nitrogens with zero attached hydrogens (tertiary/aromatic N) is 1. The minimum absolute atomic E-state index is 0.260. The van der Waals surface area contributed by atoms with Crippen molar-refractivity contribution in [2.24, 2.45) is 0 Å². The highest BCUT2D eigenvalue weighted by molar-refractivity contribution is 5.87. The largest absolute Gasteiger partial charge is 0.492 e. The van der Waals surface area contributed by atoms with Gasteiger partial charge in [-0.1, -0.05) is 6.92 Å². The number of aromatic carboxylic acids is 1. The summed E-state index contributed by atoms with van der Waals surface area (Å²) in [6.07, 6.45) is 1.67. The van der Waals surface area contributed by atoms with Gasteiger partial charge in [-0.05, 0) is 42.9 Å². The third-order valence-electron chi connectivity index (χ3n) is 3.18. The number of carbonyl (C=O) groups is 1. The second-order valence-electron chi connectivity index (χ2n) is 4.63. The van der Waals surface area contributed by atoms with Crippen LogP contribution in [0.1, 0.15) is 23.0 Å². The van der Waals surface area contributed by atoms with Crippen molar-refractivity contribution in [2.45, 2.75) is 13.5 Å². The van der Waals surface area contributed by atoms with E-state index in [2.05, 4.69) is 11.8 Å². The highest BCUT2D eigenvalue weighted by Crippen LogP contribution is 2.12. The van der Waals surface area contributed by atoms with Gasteiger partial charge in [0.15, 0.2) is 0 Å². The summed E-state index contributed by atoms with van der Waals surface area (Å²) in [5, 5.41) is 8.82. The molecule has 0 fully saturated rings. The number of rotatable bonds is 8. The molecule has 1 aromatic carbocycles. The Hall–Kier alpha value is -2.27. The number of benzene rings is 1. The first-order valence-corrected chi connectivity index (χ1v) is 6.90.